The third-order valence-electron chi connectivity index (χ3n) is 8.00. The first-order chi connectivity index (χ1) is 16.2. The van der Waals surface area contributed by atoms with Crippen molar-refractivity contribution in [3.05, 3.63) is 46.7 Å². The number of hydrogen-bond donors (Lipinski definition) is 0. The van der Waals surface area contributed by atoms with Crippen molar-refractivity contribution < 1.29 is 9.53 Å². The van der Waals surface area contributed by atoms with Crippen LogP contribution in [0.4, 0.5) is 5.95 Å². The number of methoxy groups -OCH3 is 1. The van der Waals surface area contributed by atoms with E-state index in [4.69, 9.17) is 14.8 Å². The van der Waals surface area contributed by atoms with Crippen molar-refractivity contribution in [2.24, 2.45) is 5.92 Å². The van der Waals surface area contributed by atoms with Crippen LogP contribution in [0.5, 0.6) is 5.75 Å². The third-order valence-corrected chi connectivity index (χ3v) is 8.85. The predicted molar refractivity (Wildman–Crippen MR) is 130 cm³/mol. The molecule has 0 N–H and O–H groups in total. The lowest BCUT2D eigenvalue weighted by atomic mass is 9.64. The van der Waals surface area contributed by atoms with Gasteiger partial charge >= 0.3 is 0 Å². The van der Waals surface area contributed by atoms with Gasteiger partial charge in [0.1, 0.15) is 5.75 Å². The van der Waals surface area contributed by atoms with Gasteiger partial charge in [0.15, 0.2) is 5.82 Å². The Labute approximate surface area is 198 Å². The Morgan fingerprint density at radius 2 is 1.85 bits per heavy atom. The summed E-state index contributed by atoms with van der Waals surface area (Å²) in [6, 6.07) is 12.0. The summed E-state index contributed by atoms with van der Waals surface area (Å²) in [5.74, 6) is 2.76. The number of anilines is 1. The molecule has 6 rings (SSSR count). The average Bonchev–Trinajstić information content (AvgIpc) is 3.56. The Hall–Kier alpha value is -2.67. The molecule has 2 aromatic heterocycles. The second-order valence-electron chi connectivity index (χ2n) is 9.65. The molecule has 3 aliphatic rings. The molecule has 6 nitrogen and oxygen atoms in total. The van der Waals surface area contributed by atoms with Gasteiger partial charge in [-0.2, -0.15) is 4.98 Å². The van der Waals surface area contributed by atoms with Crippen LogP contribution in [0.1, 0.15) is 67.5 Å². The zero-order valence-corrected chi connectivity index (χ0v) is 19.9. The summed E-state index contributed by atoms with van der Waals surface area (Å²) in [6.45, 7) is 0. The molecular weight excluding hydrogens is 432 g/mol. The first-order valence-electron chi connectivity index (χ1n) is 12.2. The third kappa shape index (κ3) is 3.31. The highest BCUT2D eigenvalue weighted by atomic mass is 32.1. The summed E-state index contributed by atoms with van der Waals surface area (Å²) in [5, 5.41) is 7.11. The molecule has 172 valence electrons. The number of nitrogens with zero attached hydrogens (tertiary/aromatic N) is 4. The van der Waals surface area contributed by atoms with E-state index in [9.17, 15) is 4.79 Å². The molecule has 1 aliphatic heterocycles. The zero-order chi connectivity index (χ0) is 22.4. The van der Waals surface area contributed by atoms with Gasteiger partial charge in [0, 0.05) is 17.5 Å². The summed E-state index contributed by atoms with van der Waals surface area (Å²) < 4.78 is 7.52. The molecule has 3 heterocycles. The first kappa shape index (κ1) is 20.9. The molecular formula is C26H30N4O2S. The molecule has 0 unspecified atom stereocenters. The van der Waals surface area contributed by atoms with Crippen LogP contribution >= 0.6 is 11.3 Å². The van der Waals surface area contributed by atoms with Crippen molar-refractivity contribution in [3.8, 4) is 17.1 Å². The molecule has 7 heteroatoms. The van der Waals surface area contributed by atoms with Crippen LogP contribution in [0.2, 0.25) is 0 Å². The minimum Gasteiger partial charge on any atom is -0.497 e. The largest absolute Gasteiger partial charge is 0.497 e. The Balaban J connectivity index is 1.52. The summed E-state index contributed by atoms with van der Waals surface area (Å²) in [5.41, 5.74) is 0.929. The highest BCUT2D eigenvalue weighted by Crippen LogP contribution is 2.53. The van der Waals surface area contributed by atoms with Gasteiger partial charge in [-0.05, 0) is 61.4 Å². The number of benzene rings is 1. The number of rotatable bonds is 3. The van der Waals surface area contributed by atoms with Crippen LogP contribution in [0.15, 0.2) is 41.8 Å². The Morgan fingerprint density at radius 1 is 1.06 bits per heavy atom. The lowest BCUT2D eigenvalue weighted by molar-refractivity contribution is 0.0315. The number of ether oxygens (including phenoxy) is 1. The van der Waals surface area contributed by atoms with Crippen LogP contribution in [0.25, 0.3) is 11.4 Å². The molecule has 2 aliphatic carbocycles. The number of fused-ring (bicyclic) bond motifs is 4. The highest BCUT2D eigenvalue weighted by molar-refractivity contribution is 7.12. The fourth-order valence-electron chi connectivity index (χ4n) is 6.48. The van der Waals surface area contributed by atoms with Crippen molar-refractivity contribution in [1.29, 1.82) is 0 Å². The maximum atomic E-state index is 13.8. The molecule has 1 aromatic carbocycles. The fourth-order valence-corrected chi connectivity index (χ4v) is 7.14. The second-order valence-corrected chi connectivity index (χ2v) is 10.6. The number of amides is 1. The fraction of sp³-hybridized carbons (Fsp3) is 0.500. The van der Waals surface area contributed by atoms with Crippen molar-refractivity contribution >= 4 is 23.2 Å². The van der Waals surface area contributed by atoms with Gasteiger partial charge in [-0.15, -0.1) is 16.4 Å². The van der Waals surface area contributed by atoms with Crippen LogP contribution in [-0.2, 0) is 5.54 Å². The standard InChI is InChI=1S/C26H30N4O2S/c1-32-19-13-11-18(12-14-19)23-27-25-29(24(31)22-10-7-17-33-22)21-9-4-3-8-20(21)26(30(25)28-23)15-5-2-6-16-26/h7,10-14,17,20-21H,2-6,8-9,15-16H2,1H3/t20-,21+/m1/s1. The van der Waals surface area contributed by atoms with Gasteiger partial charge in [-0.1, -0.05) is 38.2 Å². The SMILES string of the molecule is COc1ccc(-c2nc3n(n2)C2(CCCCC2)[C@@H]2CCCC[C@@H]2N3C(=O)c2cccs2)cc1. The second kappa shape index (κ2) is 8.28. The summed E-state index contributed by atoms with van der Waals surface area (Å²) in [6.07, 6.45) is 10.6. The van der Waals surface area contributed by atoms with Gasteiger partial charge in [0.2, 0.25) is 5.95 Å². The monoisotopic (exact) mass is 462 g/mol. The first-order valence-corrected chi connectivity index (χ1v) is 13.1. The van der Waals surface area contributed by atoms with Gasteiger partial charge in [0.25, 0.3) is 5.91 Å². The molecule has 0 bridgehead atoms. The Morgan fingerprint density at radius 3 is 2.58 bits per heavy atom. The predicted octanol–water partition coefficient (Wildman–Crippen LogP) is 5.89. The molecule has 1 amide bonds. The molecule has 0 saturated heterocycles. The molecule has 2 fully saturated rings. The van der Waals surface area contributed by atoms with E-state index < -0.39 is 0 Å². The quantitative estimate of drug-likeness (QED) is 0.487. The van der Waals surface area contributed by atoms with Crippen molar-refractivity contribution in [2.45, 2.75) is 69.4 Å². The van der Waals surface area contributed by atoms with Crippen LogP contribution < -0.4 is 9.64 Å². The molecule has 33 heavy (non-hydrogen) atoms. The van der Waals surface area contributed by atoms with Crippen molar-refractivity contribution in [1.82, 2.24) is 14.8 Å². The van der Waals surface area contributed by atoms with E-state index in [-0.39, 0.29) is 17.5 Å². The number of carbonyl (C=O) groups excluding carboxylic acids is 1. The number of carbonyl (C=O) groups is 1. The molecule has 1 spiro atoms. The highest BCUT2D eigenvalue weighted by Gasteiger charge is 2.55. The zero-order valence-electron chi connectivity index (χ0n) is 19.1. The van der Waals surface area contributed by atoms with E-state index in [1.807, 2.05) is 46.7 Å². The molecule has 2 atom stereocenters. The number of aromatic nitrogens is 3. The molecule has 3 aromatic rings. The topological polar surface area (TPSA) is 60.2 Å². The minimum atomic E-state index is -0.0252. The van der Waals surface area contributed by atoms with E-state index in [2.05, 4.69) is 4.68 Å². The van der Waals surface area contributed by atoms with E-state index >= 15 is 0 Å². The van der Waals surface area contributed by atoms with E-state index in [1.54, 1.807) is 7.11 Å². The van der Waals surface area contributed by atoms with Crippen molar-refractivity contribution in [3.63, 3.8) is 0 Å². The number of hydrogen-bond acceptors (Lipinski definition) is 5. The normalized spacial score (nSPS) is 23.7. The maximum Gasteiger partial charge on any atom is 0.270 e. The maximum absolute atomic E-state index is 13.8. The van der Waals surface area contributed by atoms with Gasteiger partial charge in [-0.25, -0.2) is 4.68 Å². The van der Waals surface area contributed by atoms with Crippen LogP contribution in [-0.4, -0.2) is 33.8 Å². The Kier molecular flexibility index (Phi) is 5.24. The lowest BCUT2D eigenvalue weighted by Crippen LogP contribution is -2.61. The summed E-state index contributed by atoms with van der Waals surface area (Å²) in [7, 11) is 1.67. The smallest absolute Gasteiger partial charge is 0.270 e. The summed E-state index contributed by atoms with van der Waals surface area (Å²) >= 11 is 1.51. The Bertz CT molecular complexity index is 1130. The van der Waals surface area contributed by atoms with E-state index in [1.165, 1.54) is 43.4 Å². The van der Waals surface area contributed by atoms with Gasteiger partial charge in [0.05, 0.1) is 17.5 Å². The van der Waals surface area contributed by atoms with Crippen molar-refractivity contribution in [2.75, 3.05) is 12.0 Å². The van der Waals surface area contributed by atoms with Gasteiger partial charge < -0.3 is 4.74 Å². The van der Waals surface area contributed by atoms with E-state index in [0.29, 0.717) is 11.7 Å². The average molecular weight is 463 g/mol. The minimum absolute atomic E-state index is 0.0252. The summed E-state index contributed by atoms with van der Waals surface area (Å²) in [4.78, 5) is 21.7. The van der Waals surface area contributed by atoms with E-state index in [0.717, 1.165) is 47.8 Å². The van der Waals surface area contributed by atoms with Crippen LogP contribution in [0.3, 0.4) is 0 Å². The number of thiophene rings is 1. The van der Waals surface area contributed by atoms with Gasteiger partial charge in [-0.3, -0.25) is 9.69 Å². The molecule has 0 radical (unpaired) electrons. The van der Waals surface area contributed by atoms with Crippen LogP contribution in [0, 0.1) is 5.92 Å². The lowest BCUT2D eigenvalue weighted by Gasteiger charge is -2.55. The molecule has 2 saturated carbocycles.